The highest BCUT2D eigenvalue weighted by Crippen LogP contribution is 2.31. The second-order valence-electron chi connectivity index (χ2n) is 6.06. The van der Waals surface area contributed by atoms with E-state index in [9.17, 15) is 9.59 Å². The molecule has 26 heavy (non-hydrogen) atoms. The molecule has 0 bridgehead atoms. The summed E-state index contributed by atoms with van der Waals surface area (Å²) in [4.78, 5) is 24.4. The number of para-hydroxylation sites is 1. The summed E-state index contributed by atoms with van der Waals surface area (Å²) < 4.78 is 10.5. The molecule has 0 spiro atoms. The third kappa shape index (κ3) is 4.57. The number of carbonyl (C=O) groups is 2. The predicted octanol–water partition coefficient (Wildman–Crippen LogP) is 2.68. The van der Waals surface area contributed by atoms with Crippen LogP contribution < -0.4 is 15.4 Å². The maximum atomic E-state index is 12.3. The van der Waals surface area contributed by atoms with Gasteiger partial charge in [0.15, 0.2) is 5.82 Å². The first-order valence-electron chi connectivity index (χ1n) is 8.40. The molecule has 0 fully saturated rings. The van der Waals surface area contributed by atoms with Crippen LogP contribution in [0.5, 0.6) is 5.75 Å². The van der Waals surface area contributed by atoms with Crippen molar-refractivity contribution in [2.45, 2.75) is 31.6 Å². The molecule has 1 aromatic carbocycles. The molecule has 0 radical (unpaired) electrons. The maximum absolute atomic E-state index is 12.3. The Morgan fingerprint density at radius 3 is 2.96 bits per heavy atom. The lowest BCUT2D eigenvalue weighted by Crippen LogP contribution is -2.34. The van der Waals surface area contributed by atoms with Crippen LogP contribution in [0, 0.1) is 6.92 Å². The van der Waals surface area contributed by atoms with E-state index in [1.165, 1.54) is 11.8 Å². The third-order valence-electron chi connectivity index (χ3n) is 4.01. The number of nitrogens with zero attached hydrogens (tertiary/aromatic N) is 1. The monoisotopic (exact) mass is 375 g/mol. The zero-order valence-corrected chi connectivity index (χ0v) is 15.5. The van der Waals surface area contributed by atoms with Crippen LogP contribution in [0.15, 0.2) is 34.9 Å². The van der Waals surface area contributed by atoms with Crippen molar-refractivity contribution in [3.63, 3.8) is 0 Å². The fraction of sp³-hybridized carbons (Fsp3) is 0.389. The van der Waals surface area contributed by atoms with Gasteiger partial charge in [0.1, 0.15) is 11.5 Å². The third-order valence-corrected chi connectivity index (χ3v) is 5.15. The van der Waals surface area contributed by atoms with E-state index in [0.29, 0.717) is 18.2 Å². The fourth-order valence-corrected chi connectivity index (χ4v) is 3.35. The van der Waals surface area contributed by atoms with E-state index in [-0.39, 0.29) is 28.9 Å². The topological polar surface area (TPSA) is 93.5 Å². The van der Waals surface area contributed by atoms with Gasteiger partial charge in [-0.05, 0) is 19.9 Å². The molecule has 2 amide bonds. The summed E-state index contributed by atoms with van der Waals surface area (Å²) in [6.45, 7) is 4.08. The number of thioether (sulfide) groups is 1. The first kappa shape index (κ1) is 18.3. The zero-order chi connectivity index (χ0) is 18.5. The van der Waals surface area contributed by atoms with Gasteiger partial charge < -0.3 is 19.9 Å². The van der Waals surface area contributed by atoms with Crippen molar-refractivity contribution in [3.05, 3.63) is 41.7 Å². The molecule has 0 saturated heterocycles. The summed E-state index contributed by atoms with van der Waals surface area (Å²) in [6.07, 6.45) is 0.731. The van der Waals surface area contributed by atoms with E-state index in [0.717, 1.165) is 17.7 Å². The number of rotatable bonds is 6. The van der Waals surface area contributed by atoms with Gasteiger partial charge in [0.2, 0.25) is 11.8 Å². The summed E-state index contributed by atoms with van der Waals surface area (Å²) in [5, 5.41) is 9.03. The second-order valence-corrected chi connectivity index (χ2v) is 7.39. The Balaban J connectivity index is 1.47. The number of amides is 2. The Morgan fingerprint density at radius 1 is 1.38 bits per heavy atom. The molecule has 8 heteroatoms. The number of aromatic nitrogens is 1. The number of aryl methyl sites for hydroxylation is 1. The van der Waals surface area contributed by atoms with Crippen LogP contribution in [0.1, 0.15) is 30.7 Å². The molecule has 7 nitrogen and oxygen atoms in total. The Hall–Kier alpha value is -2.48. The van der Waals surface area contributed by atoms with Crippen molar-refractivity contribution >= 4 is 29.4 Å². The average Bonchev–Trinajstić information content (AvgIpc) is 3.04. The fourth-order valence-electron chi connectivity index (χ4n) is 2.66. The van der Waals surface area contributed by atoms with Gasteiger partial charge in [-0.3, -0.25) is 9.59 Å². The average molecular weight is 375 g/mol. The van der Waals surface area contributed by atoms with Crippen LogP contribution in [0.25, 0.3) is 0 Å². The zero-order valence-electron chi connectivity index (χ0n) is 14.7. The highest BCUT2D eigenvalue weighted by molar-refractivity contribution is 8.01. The lowest BCUT2D eigenvalue weighted by molar-refractivity contribution is -0.119. The Kier molecular flexibility index (Phi) is 5.82. The summed E-state index contributed by atoms with van der Waals surface area (Å²) in [6, 6.07) is 9.29. The minimum absolute atomic E-state index is 0.0599. The van der Waals surface area contributed by atoms with Crippen molar-refractivity contribution in [1.29, 1.82) is 0 Å². The van der Waals surface area contributed by atoms with Crippen molar-refractivity contribution in [1.82, 2.24) is 10.5 Å². The molecule has 2 atom stereocenters. The highest BCUT2D eigenvalue weighted by Gasteiger charge is 2.23. The largest absolute Gasteiger partial charge is 0.493 e. The van der Waals surface area contributed by atoms with Crippen LogP contribution in [-0.2, 0) is 9.59 Å². The van der Waals surface area contributed by atoms with Crippen molar-refractivity contribution in [2.24, 2.45) is 0 Å². The molecule has 3 rings (SSSR count). The minimum atomic E-state index is -0.389. The normalized spacial score (nSPS) is 16.9. The molecule has 1 aliphatic heterocycles. The molecule has 2 N–H and O–H groups in total. The van der Waals surface area contributed by atoms with E-state index in [1.807, 2.05) is 24.3 Å². The van der Waals surface area contributed by atoms with E-state index in [4.69, 9.17) is 9.26 Å². The van der Waals surface area contributed by atoms with E-state index >= 15 is 0 Å². The van der Waals surface area contributed by atoms with Gasteiger partial charge in [0.05, 0.1) is 23.7 Å². The van der Waals surface area contributed by atoms with Crippen molar-refractivity contribution in [3.8, 4) is 5.75 Å². The van der Waals surface area contributed by atoms with E-state index in [1.54, 1.807) is 19.9 Å². The van der Waals surface area contributed by atoms with Gasteiger partial charge in [-0.25, -0.2) is 0 Å². The van der Waals surface area contributed by atoms with Crippen LogP contribution in [0.2, 0.25) is 0 Å². The maximum Gasteiger partial charge on any atom is 0.238 e. The van der Waals surface area contributed by atoms with Crippen molar-refractivity contribution in [2.75, 3.05) is 17.7 Å². The van der Waals surface area contributed by atoms with Gasteiger partial charge in [0.25, 0.3) is 0 Å². The predicted molar refractivity (Wildman–Crippen MR) is 99.2 cm³/mol. The number of fused-ring (bicyclic) bond motifs is 1. The molecule has 2 aromatic rings. The summed E-state index contributed by atoms with van der Waals surface area (Å²) in [5.74, 6) is 1.69. The number of nitrogens with one attached hydrogen (secondary N) is 2. The number of benzene rings is 1. The highest BCUT2D eigenvalue weighted by atomic mass is 32.2. The number of hydrogen-bond donors (Lipinski definition) is 2. The van der Waals surface area contributed by atoms with Crippen LogP contribution >= 0.6 is 11.8 Å². The molecular formula is C18H21N3O4S. The molecule has 138 valence electrons. The lowest BCUT2D eigenvalue weighted by Gasteiger charge is -2.26. The molecule has 1 aromatic heterocycles. The summed E-state index contributed by atoms with van der Waals surface area (Å²) >= 11 is 1.27. The quantitative estimate of drug-likeness (QED) is 0.806. The van der Waals surface area contributed by atoms with Gasteiger partial charge in [-0.2, -0.15) is 0 Å². The number of ether oxygens (including phenoxy) is 1. The molecule has 0 unspecified atom stereocenters. The summed E-state index contributed by atoms with van der Waals surface area (Å²) in [7, 11) is 0. The summed E-state index contributed by atoms with van der Waals surface area (Å²) in [5.41, 5.74) is 0.990. The van der Waals surface area contributed by atoms with Crippen LogP contribution in [-0.4, -0.2) is 34.6 Å². The minimum Gasteiger partial charge on any atom is -0.493 e. The Labute approximate surface area is 155 Å². The van der Waals surface area contributed by atoms with E-state index < -0.39 is 0 Å². The molecule has 0 aliphatic carbocycles. The number of anilines is 1. The SMILES string of the molecule is Cc1cc(NC(=O)[C@H](C)SCC(=O)N[C@H]2CCOc3ccccc32)no1. The smallest absolute Gasteiger partial charge is 0.238 e. The second kappa shape index (κ2) is 8.27. The van der Waals surface area contributed by atoms with Crippen molar-refractivity contribution < 1.29 is 18.8 Å². The molecule has 2 heterocycles. The lowest BCUT2D eigenvalue weighted by atomic mass is 10.0. The molecule has 1 aliphatic rings. The first-order valence-corrected chi connectivity index (χ1v) is 9.44. The first-order chi connectivity index (χ1) is 12.5. The van der Waals surface area contributed by atoms with Crippen LogP contribution in [0.4, 0.5) is 5.82 Å². The standard InChI is InChI=1S/C18H21N3O4S/c1-11-9-16(21-25-11)20-18(23)12(2)26-10-17(22)19-14-7-8-24-15-6-4-3-5-13(14)15/h3-6,9,12,14H,7-8,10H2,1-2H3,(H,19,22)(H,20,21,23)/t12-,14-/m0/s1. The van der Waals surface area contributed by atoms with Gasteiger partial charge in [-0.15, -0.1) is 11.8 Å². The molecule has 0 saturated carbocycles. The van der Waals surface area contributed by atoms with Gasteiger partial charge >= 0.3 is 0 Å². The Bertz CT molecular complexity index is 792. The van der Waals surface area contributed by atoms with Gasteiger partial charge in [-0.1, -0.05) is 23.4 Å². The van der Waals surface area contributed by atoms with E-state index in [2.05, 4.69) is 15.8 Å². The van der Waals surface area contributed by atoms with Gasteiger partial charge in [0, 0.05) is 18.1 Å². The number of carbonyl (C=O) groups excluding carboxylic acids is 2. The number of hydrogen-bond acceptors (Lipinski definition) is 6. The Morgan fingerprint density at radius 2 is 2.19 bits per heavy atom. The molecular weight excluding hydrogens is 354 g/mol. The van der Waals surface area contributed by atoms with Crippen LogP contribution in [0.3, 0.4) is 0 Å².